The summed E-state index contributed by atoms with van der Waals surface area (Å²) in [5.74, 6) is 0. The summed E-state index contributed by atoms with van der Waals surface area (Å²) in [6.07, 6.45) is 0.361. The number of nitrogens with zero attached hydrogens (tertiary/aromatic N) is 1. The van der Waals surface area contributed by atoms with Gasteiger partial charge in [-0.2, -0.15) is 0 Å². The Balaban J connectivity index is 2.52. The molecule has 1 amide bonds. The molecule has 16 heavy (non-hydrogen) atoms. The average Bonchev–Trinajstić information content (AvgIpc) is 2.15. The van der Waals surface area contributed by atoms with Gasteiger partial charge in [-0.25, -0.2) is 4.79 Å². The number of piperidine rings is 1. The molecule has 0 spiro atoms. The molecule has 1 aliphatic heterocycles. The number of amides is 1. The van der Waals surface area contributed by atoms with Gasteiger partial charge in [0, 0.05) is 19.7 Å². The molecule has 2 N–H and O–H groups in total. The topological polar surface area (TPSA) is 64.8 Å². The smallest absolute Gasteiger partial charge is 0.410 e. The molecule has 0 aliphatic carbocycles. The van der Waals surface area contributed by atoms with Crippen molar-refractivity contribution in [2.45, 2.75) is 44.9 Å². The summed E-state index contributed by atoms with van der Waals surface area (Å²) in [6.45, 7) is 6.71. The summed E-state index contributed by atoms with van der Waals surface area (Å²) in [7, 11) is 1.61. The van der Waals surface area contributed by atoms with Gasteiger partial charge in [-0.3, -0.25) is 0 Å². The van der Waals surface area contributed by atoms with E-state index in [2.05, 4.69) is 0 Å². The van der Waals surface area contributed by atoms with Crippen LogP contribution in [0.1, 0.15) is 27.2 Å². The number of nitrogens with two attached hydrogens (primary N) is 1. The number of carbonyl (C=O) groups is 1. The van der Waals surface area contributed by atoms with Crippen LogP contribution in [0, 0.1) is 0 Å². The van der Waals surface area contributed by atoms with Gasteiger partial charge in [0.05, 0.1) is 12.6 Å². The van der Waals surface area contributed by atoms with E-state index in [0.29, 0.717) is 13.1 Å². The van der Waals surface area contributed by atoms with Crippen molar-refractivity contribution in [2.24, 2.45) is 5.73 Å². The lowest BCUT2D eigenvalue weighted by molar-refractivity contribution is -0.0126. The van der Waals surface area contributed by atoms with Gasteiger partial charge in [0.15, 0.2) is 0 Å². The predicted molar refractivity (Wildman–Crippen MR) is 61.2 cm³/mol. The third kappa shape index (κ3) is 3.64. The summed E-state index contributed by atoms with van der Waals surface area (Å²) in [6, 6.07) is 0.00341. The van der Waals surface area contributed by atoms with Gasteiger partial charge in [0.25, 0.3) is 0 Å². The number of hydrogen-bond donors (Lipinski definition) is 1. The molecule has 0 radical (unpaired) electrons. The normalized spacial score (nSPS) is 26.7. The highest BCUT2D eigenvalue weighted by molar-refractivity contribution is 5.68. The zero-order chi connectivity index (χ0) is 12.3. The quantitative estimate of drug-likeness (QED) is 0.729. The van der Waals surface area contributed by atoms with Crippen molar-refractivity contribution in [1.29, 1.82) is 0 Å². The standard InChI is InChI=1S/C11H22N2O3/c1-11(2,3)16-10(14)13-6-5-8(12)9(7-13)15-4/h8-9H,5-7,12H2,1-4H3/t8-,9+/m1/s1. The number of likely N-dealkylation sites (tertiary alicyclic amines) is 1. The number of rotatable bonds is 1. The molecule has 5 heteroatoms. The second-order valence-electron chi connectivity index (χ2n) is 5.15. The highest BCUT2D eigenvalue weighted by Gasteiger charge is 2.31. The van der Waals surface area contributed by atoms with Crippen LogP contribution >= 0.6 is 0 Å². The molecule has 0 aromatic carbocycles. The third-order valence-corrected chi connectivity index (χ3v) is 2.56. The lowest BCUT2D eigenvalue weighted by Gasteiger charge is -2.36. The monoisotopic (exact) mass is 230 g/mol. The summed E-state index contributed by atoms with van der Waals surface area (Å²) in [4.78, 5) is 13.4. The molecule has 0 aromatic heterocycles. The summed E-state index contributed by atoms with van der Waals surface area (Å²) in [5, 5.41) is 0. The first kappa shape index (κ1) is 13.3. The highest BCUT2D eigenvalue weighted by atomic mass is 16.6. The molecule has 0 saturated carbocycles. The van der Waals surface area contributed by atoms with E-state index in [-0.39, 0.29) is 18.2 Å². The van der Waals surface area contributed by atoms with Crippen LogP contribution in [-0.4, -0.2) is 48.9 Å². The number of methoxy groups -OCH3 is 1. The van der Waals surface area contributed by atoms with Crippen LogP contribution in [0.3, 0.4) is 0 Å². The molecule has 1 fully saturated rings. The molecule has 0 aromatic rings. The van der Waals surface area contributed by atoms with Gasteiger partial charge in [0.2, 0.25) is 0 Å². The Hall–Kier alpha value is -0.810. The van der Waals surface area contributed by atoms with E-state index >= 15 is 0 Å². The van der Waals surface area contributed by atoms with Gasteiger partial charge in [0.1, 0.15) is 5.60 Å². The van der Waals surface area contributed by atoms with Crippen molar-refractivity contribution >= 4 is 6.09 Å². The SMILES string of the molecule is CO[C@H]1CN(C(=O)OC(C)(C)C)CC[C@H]1N. The van der Waals surface area contributed by atoms with Crippen molar-refractivity contribution in [3.63, 3.8) is 0 Å². The van der Waals surface area contributed by atoms with E-state index in [4.69, 9.17) is 15.2 Å². The number of carbonyl (C=O) groups excluding carboxylic acids is 1. The first-order valence-electron chi connectivity index (χ1n) is 5.60. The van der Waals surface area contributed by atoms with Gasteiger partial charge in [-0.15, -0.1) is 0 Å². The maximum Gasteiger partial charge on any atom is 0.410 e. The first-order chi connectivity index (χ1) is 7.33. The summed E-state index contributed by atoms with van der Waals surface area (Å²) >= 11 is 0. The molecule has 1 aliphatic rings. The van der Waals surface area contributed by atoms with E-state index in [1.165, 1.54) is 0 Å². The molecule has 1 heterocycles. The lowest BCUT2D eigenvalue weighted by Crippen LogP contribution is -2.53. The van der Waals surface area contributed by atoms with Gasteiger partial charge < -0.3 is 20.1 Å². The fourth-order valence-electron chi connectivity index (χ4n) is 1.68. The Morgan fingerprint density at radius 1 is 1.44 bits per heavy atom. The minimum atomic E-state index is -0.459. The second-order valence-corrected chi connectivity index (χ2v) is 5.15. The maximum absolute atomic E-state index is 11.8. The summed E-state index contributed by atoms with van der Waals surface area (Å²) in [5.41, 5.74) is 5.42. The van der Waals surface area contributed by atoms with Crippen LogP contribution < -0.4 is 5.73 Å². The molecule has 1 saturated heterocycles. The van der Waals surface area contributed by atoms with E-state index in [0.717, 1.165) is 6.42 Å². The Morgan fingerprint density at radius 3 is 2.56 bits per heavy atom. The third-order valence-electron chi connectivity index (χ3n) is 2.56. The molecular formula is C11H22N2O3. The fourth-order valence-corrected chi connectivity index (χ4v) is 1.68. The molecule has 94 valence electrons. The first-order valence-corrected chi connectivity index (χ1v) is 5.60. The van der Waals surface area contributed by atoms with Crippen molar-refractivity contribution < 1.29 is 14.3 Å². The Labute approximate surface area is 96.9 Å². The van der Waals surface area contributed by atoms with E-state index < -0.39 is 5.60 Å². The zero-order valence-electron chi connectivity index (χ0n) is 10.5. The zero-order valence-corrected chi connectivity index (χ0v) is 10.5. The maximum atomic E-state index is 11.8. The molecule has 0 bridgehead atoms. The van der Waals surface area contributed by atoms with E-state index in [1.54, 1.807) is 12.0 Å². The van der Waals surface area contributed by atoms with Crippen LogP contribution in [0.5, 0.6) is 0 Å². The fraction of sp³-hybridized carbons (Fsp3) is 0.909. The van der Waals surface area contributed by atoms with Crippen LogP contribution in [0.4, 0.5) is 4.79 Å². The van der Waals surface area contributed by atoms with Crippen molar-refractivity contribution in [1.82, 2.24) is 4.90 Å². The lowest BCUT2D eigenvalue weighted by atomic mass is 10.0. The van der Waals surface area contributed by atoms with Crippen LogP contribution in [0.25, 0.3) is 0 Å². The van der Waals surface area contributed by atoms with Gasteiger partial charge in [-0.05, 0) is 27.2 Å². The predicted octanol–water partition coefficient (Wildman–Crippen LogP) is 0.970. The minimum Gasteiger partial charge on any atom is -0.444 e. The summed E-state index contributed by atoms with van der Waals surface area (Å²) < 4.78 is 10.5. The number of hydrogen-bond acceptors (Lipinski definition) is 4. The van der Waals surface area contributed by atoms with E-state index in [9.17, 15) is 4.79 Å². The molecule has 0 unspecified atom stereocenters. The molecular weight excluding hydrogens is 208 g/mol. The van der Waals surface area contributed by atoms with Crippen LogP contribution in [0.15, 0.2) is 0 Å². The Morgan fingerprint density at radius 2 is 2.06 bits per heavy atom. The number of ether oxygens (including phenoxy) is 2. The van der Waals surface area contributed by atoms with Crippen LogP contribution in [0.2, 0.25) is 0 Å². The van der Waals surface area contributed by atoms with Crippen molar-refractivity contribution in [3.8, 4) is 0 Å². The largest absolute Gasteiger partial charge is 0.444 e. The second kappa shape index (κ2) is 5.01. The van der Waals surface area contributed by atoms with Crippen molar-refractivity contribution in [3.05, 3.63) is 0 Å². The van der Waals surface area contributed by atoms with E-state index in [1.807, 2.05) is 20.8 Å². The molecule has 2 atom stereocenters. The molecule has 1 rings (SSSR count). The van der Waals surface area contributed by atoms with Gasteiger partial charge in [-0.1, -0.05) is 0 Å². The minimum absolute atomic E-state index is 0.00341. The Bertz CT molecular complexity index is 250. The van der Waals surface area contributed by atoms with Crippen molar-refractivity contribution in [2.75, 3.05) is 20.2 Å². The van der Waals surface area contributed by atoms with Crippen LogP contribution in [-0.2, 0) is 9.47 Å². The average molecular weight is 230 g/mol. The Kier molecular flexibility index (Phi) is 4.15. The molecule has 5 nitrogen and oxygen atoms in total. The highest BCUT2D eigenvalue weighted by Crippen LogP contribution is 2.16. The van der Waals surface area contributed by atoms with Gasteiger partial charge >= 0.3 is 6.09 Å².